The van der Waals surface area contributed by atoms with E-state index in [1.807, 2.05) is 0 Å². The molecule has 0 aromatic carbocycles. The highest BCUT2D eigenvalue weighted by atomic mass is 32.1. The number of ether oxygens (including phenoxy) is 2. The number of aromatic nitrogens is 2. The van der Waals surface area contributed by atoms with Gasteiger partial charge in [0, 0.05) is 17.8 Å². The average Bonchev–Trinajstić information content (AvgIpc) is 3.30. The summed E-state index contributed by atoms with van der Waals surface area (Å²) >= 11 is 2.37. The van der Waals surface area contributed by atoms with Crippen LogP contribution >= 0.6 is 22.7 Å². The lowest BCUT2D eigenvalue weighted by molar-refractivity contribution is -0.138. The van der Waals surface area contributed by atoms with E-state index in [0.29, 0.717) is 5.13 Å². The summed E-state index contributed by atoms with van der Waals surface area (Å²) in [4.78, 5) is 51.9. The van der Waals surface area contributed by atoms with Crippen molar-refractivity contribution >= 4 is 56.4 Å². The smallest absolute Gasteiger partial charge is 0.381 e. The first-order chi connectivity index (χ1) is 12.8. The minimum atomic E-state index is -0.896. The second-order valence-electron chi connectivity index (χ2n) is 4.46. The summed E-state index contributed by atoms with van der Waals surface area (Å²) in [6, 6.07) is 0. The Hall–Kier alpha value is -2.86. The van der Waals surface area contributed by atoms with Crippen LogP contribution in [0.2, 0.25) is 0 Å². The quantitative estimate of drug-likeness (QED) is 0.386. The molecular weight excluding hydrogens is 396 g/mol. The summed E-state index contributed by atoms with van der Waals surface area (Å²) in [7, 11) is 1.69. The lowest BCUT2D eigenvalue weighted by Crippen LogP contribution is -2.17. The van der Waals surface area contributed by atoms with Gasteiger partial charge >= 0.3 is 11.9 Å². The van der Waals surface area contributed by atoms with Crippen LogP contribution in [0.5, 0.6) is 0 Å². The molecule has 2 heterocycles. The van der Waals surface area contributed by atoms with Gasteiger partial charge in [-0.1, -0.05) is 0 Å². The van der Waals surface area contributed by atoms with E-state index >= 15 is 0 Å². The fraction of sp³-hybridized carbons (Fsp3) is 0.333. The number of nitrogen functional groups attached to an aromatic ring is 1. The summed E-state index contributed by atoms with van der Waals surface area (Å²) in [5.74, 6) is -3.22. The Morgan fingerprint density at radius 1 is 0.963 bits per heavy atom. The predicted octanol–water partition coefficient (Wildman–Crippen LogP) is 1.40. The molecule has 0 fully saturated rings. The number of nitrogens with zero attached hydrogens (tertiary/aromatic N) is 2. The SMILES string of the molecule is CCOC(=O)C(=O)c1csc(N)n1.CCOC(=O)C(=O)c1csc(NC)n1. The fourth-order valence-electron chi connectivity index (χ4n) is 1.49. The van der Waals surface area contributed by atoms with Crippen LogP contribution in [0.15, 0.2) is 10.8 Å². The van der Waals surface area contributed by atoms with Crippen molar-refractivity contribution in [3.05, 3.63) is 22.1 Å². The third kappa shape index (κ3) is 6.75. The molecule has 146 valence electrons. The van der Waals surface area contributed by atoms with E-state index in [9.17, 15) is 19.2 Å². The van der Waals surface area contributed by atoms with Gasteiger partial charge in [0.15, 0.2) is 10.3 Å². The predicted molar refractivity (Wildman–Crippen MR) is 100 cm³/mol. The van der Waals surface area contributed by atoms with E-state index in [1.165, 1.54) is 22.1 Å². The number of rotatable bonds is 7. The van der Waals surface area contributed by atoms with Crippen molar-refractivity contribution in [2.24, 2.45) is 0 Å². The largest absolute Gasteiger partial charge is 0.460 e. The molecule has 27 heavy (non-hydrogen) atoms. The molecule has 3 N–H and O–H groups in total. The van der Waals surface area contributed by atoms with Gasteiger partial charge in [0.1, 0.15) is 11.4 Å². The van der Waals surface area contributed by atoms with Gasteiger partial charge in [-0.25, -0.2) is 19.6 Å². The molecule has 0 bridgehead atoms. The first-order valence-electron chi connectivity index (χ1n) is 7.61. The molecule has 0 spiro atoms. The number of anilines is 2. The van der Waals surface area contributed by atoms with E-state index in [0.717, 1.165) is 11.3 Å². The van der Waals surface area contributed by atoms with Gasteiger partial charge in [-0.3, -0.25) is 9.59 Å². The number of carbonyl (C=O) groups excluding carboxylic acids is 4. The monoisotopic (exact) mass is 414 g/mol. The highest BCUT2D eigenvalue weighted by Crippen LogP contribution is 2.15. The molecule has 2 rings (SSSR count). The lowest BCUT2D eigenvalue weighted by atomic mass is 10.3. The van der Waals surface area contributed by atoms with Gasteiger partial charge in [-0.2, -0.15) is 0 Å². The molecule has 10 nitrogen and oxygen atoms in total. The molecule has 0 unspecified atom stereocenters. The average molecular weight is 414 g/mol. The Morgan fingerprint density at radius 2 is 1.44 bits per heavy atom. The Morgan fingerprint density at radius 3 is 1.81 bits per heavy atom. The number of thiazole rings is 2. The van der Waals surface area contributed by atoms with Gasteiger partial charge in [0.2, 0.25) is 0 Å². The third-order valence-corrected chi connectivity index (χ3v) is 4.16. The van der Waals surface area contributed by atoms with E-state index < -0.39 is 23.5 Å². The molecule has 2 aromatic rings. The van der Waals surface area contributed by atoms with Crippen molar-refractivity contribution in [1.29, 1.82) is 0 Å². The number of carbonyl (C=O) groups is 4. The van der Waals surface area contributed by atoms with Crippen molar-refractivity contribution < 1.29 is 28.7 Å². The number of nitrogens with one attached hydrogen (secondary N) is 1. The number of hydrogen-bond donors (Lipinski definition) is 2. The Bertz CT molecular complexity index is 817. The molecule has 0 saturated carbocycles. The van der Waals surface area contributed by atoms with Crippen LogP contribution in [0.4, 0.5) is 10.3 Å². The highest BCUT2D eigenvalue weighted by molar-refractivity contribution is 7.14. The molecule has 2 aromatic heterocycles. The number of ketones is 2. The van der Waals surface area contributed by atoms with Crippen LogP contribution in [-0.4, -0.2) is 53.7 Å². The van der Waals surface area contributed by atoms with Gasteiger partial charge in [0.05, 0.1) is 13.2 Å². The molecule has 0 atom stereocenters. The first kappa shape index (κ1) is 22.2. The molecule has 0 amide bonds. The zero-order chi connectivity index (χ0) is 20.4. The maximum absolute atomic E-state index is 11.3. The minimum absolute atomic E-state index is 0.0425. The van der Waals surface area contributed by atoms with E-state index in [-0.39, 0.29) is 29.7 Å². The van der Waals surface area contributed by atoms with Crippen molar-refractivity contribution in [3.63, 3.8) is 0 Å². The van der Waals surface area contributed by atoms with Crippen molar-refractivity contribution in [2.45, 2.75) is 13.8 Å². The minimum Gasteiger partial charge on any atom is -0.460 e. The maximum atomic E-state index is 11.3. The molecule has 0 saturated heterocycles. The molecule has 0 aliphatic rings. The van der Waals surface area contributed by atoms with Crippen molar-refractivity contribution in [1.82, 2.24) is 9.97 Å². The number of hydrogen-bond acceptors (Lipinski definition) is 12. The van der Waals surface area contributed by atoms with Crippen LogP contribution in [0.25, 0.3) is 0 Å². The number of nitrogens with two attached hydrogens (primary N) is 1. The highest BCUT2D eigenvalue weighted by Gasteiger charge is 2.20. The van der Waals surface area contributed by atoms with Crippen molar-refractivity contribution in [2.75, 3.05) is 31.3 Å². The Balaban J connectivity index is 0.000000271. The number of esters is 2. The zero-order valence-electron chi connectivity index (χ0n) is 14.8. The summed E-state index contributed by atoms with van der Waals surface area (Å²) < 4.78 is 9.06. The normalized spacial score (nSPS) is 9.59. The van der Waals surface area contributed by atoms with Crippen LogP contribution in [-0.2, 0) is 19.1 Å². The zero-order valence-corrected chi connectivity index (χ0v) is 16.4. The van der Waals surface area contributed by atoms with E-state index in [4.69, 9.17) is 5.73 Å². The topological polar surface area (TPSA) is 151 Å². The van der Waals surface area contributed by atoms with E-state index in [1.54, 1.807) is 20.9 Å². The standard InChI is InChI=1S/C8H10N2O3S.C7H8N2O3S/c1-3-13-7(12)6(11)5-4-14-8(9-2)10-5;1-2-12-6(11)5(10)4-3-13-7(8)9-4/h4H,3H2,1-2H3,(H,9,10);3H,2H2,1H3,(H2,8,9). The Labute approximate surface area is 162 Å². The summed E-state index contributed by atoms with van der Waals surface area (Å²) in [6.07, 6.45) is 0. The summed E-state index contributed by atoms with van der Waals surface area (Å²) in [5, 5.41) is 6.57. The fourth-order valence-corrected chi connectivity index (χ4v) is 2.68. The van der Waals surface area contributed by atoms with Crippen molar-refractivity contribution in [3.8, 4) is 0 Å². The van der Waals surface area contributed by atoms with E-state index in [2.05, 4.69) is 24.8 Å². The number of Topliss-reactive ketones (excluding diaryl/α,β-unsaturated/α-hetero) is 2. The maximum Gasteiger partial charge on any atom is 0.381 e. The van der Waals surface area contributed by atoms with Gasteiger partial charge < -0.3 is 20.5 Å². The van der Waals surface area contributed by atoms with Crippen LogP contribution in [0.3, 0.4) is 0 Å². The summed E-state index contributed by atoms with van der Waals surface area (Å²) in [6.45, 7) is 3.63. The second-order valence-corrected chi connectivity index (χ2v) is 6.21. The van der Waals surface area contributed by atoms with Crippen LogP contribution in [0, 0.1) is 0 Å². The molecular formula is C15H18N4O6S2. The molecule has 12 heteroatoms. The second kappa shape index (κ2) is 11.0. The molecule has 0 aliphatic heterocycles. The third-order valence-electron chi connectivity index (χ3n) is 2.63. The molecule has 0 aliphatic carbocycles. The summed E-state index contributed by atoms with van der Waals surface area (Å²) in [5.41, 5.74) is 5.46. The van der Waals surface area contributed by atoms with Crippen LogP contribution in [0.1, 0.15) is 34.8 Å². The van der Waals surface area contributed by atoms with Gasteiger partial charge in [-0.05, 0) is 13.8 Å². The lowest BCUT2D eigenvalue weighted by Gasteiger charge is -1.96. The van der Waals surface area contributed by atoms with Gasteiger partial charge in [0.25, 0.3) is 11.6 Å². The molecule has 0 radical (unpaired) electrons. The first-order valence-corrected chi connectivity index (χ1v) is 9.37. The van der Waals surface area contributed by atoms with Crippen LogP contribution < -0.4 is 11.1 Å². The Kier molecular flexibility index (Phi) is 9.02. The van der Waals surface area contributed by atoms with Gasteiger partial charge in [-0.15, -0.1) is 22.7 Å².